The predicted molar refractivity (Wildman–Crippen MR) is 132 cm³/mol. The van der Waals surface area contributed by atoms with Gasteiger partial charge in [0, 0.05) is 47.7 Å². The number of ether oxygens (including phenoxy) is 1. The molecule has 1 N–H and O–H groups in total. The zero-order valence-electron chi connectivity index (χ0n) is 19.7. The second-order valence-corrected chi connectivity index (χ2v) is 9.04. The van der Waals surface area contributed by atoms with Crippen molar-refractivity contribution in [2.24, 2.45) is 0 Å². The second-order valence-electron chi connectivity index (χ2n) is 8.63. The molecule has 8 heteroatoms. The summed E-state index contributed by atoms with van der Waals surface area (Å²) in [4.78, 5) is 27.2. The van der Waals surface area contributed by atoms with Crippen molar-refractivity contribution >= 4 is 29.1 Å². The third-order valence-electron chi connectivity index (χ3n) is 6.15. The van der Waals surface area contributed by atoms with Crippen LogP contribution in [0, 0.1) is 13.8 Å². The molecule has 1 fully saturated rings. The van der Waals surface area contributed by atoms with Crippen molar-refractivity contribution in [3.05, 3.63) is 81.6 Å². The summed E-state index contributed by atoms with van der Waals surface area (Å²) < 4.78 is 7.36. The summed E-state index contributed by atoms with van der Waals surface area (Å²) in [6, 6.07) is 14.7. The molecule has 1 saturated heterocycles. The Labute approximate surface area is 204 Å². The fourth-order valence-electron chi connectivity index (χ4n) is 4.17. The molecule has 178 valence electrons. The predicted octanol–water partition coefficient (Wildman–Crippen LogP) is 4.59. The number of aromatic nitrogens is 2. The lowest BCUT2D eigenvalue weighted by Gasteiger charge is -2.18. The molecule has 2 amide bonds. The zero-order valence-corrected chi connectivity index (χ0v) is 20.4. The molecule has 0 spiro atoms. The fourth-order valence-corrected chi connectivity index (χ4v) is 4.37. The van der Waals surface area contributed by atoms with Crippen LogP contribution in [0.25, 0.3) is 0 Å². The Kier molecular flexibility index (Phi) is 7.34. The zero-order chi connectivity index (χ0) is 24.2. The molecule has 0 saturated carbocycles. The molecule has 1 atom stereocenters. The van der Waals surface area contributed by atoms with Gasteiger partial charge in [-0.05, 0) is 56.5 Å². The van der Waals surface area contributed by atoms with E-state index >= 15 is 0 Å². The van der Waals surface area contributed by atoms with Gasteiger partial charge in [0.1, 0.15) is 6.10 Å². The number of rotatable bonds is 7. The van der Waals surface area contributed by atoms with Gasteiger partial charge in [0.15, 0.2) is 0 Å². The van der Waals surface area contributed by atoms with E-state index < -0.39 is 6.10 Å². The summed E-state index contributed by atoms with van der Waals surface area (Å²) in [6.45, 7) is 5.55. The Bertz CT molecular complexity index is 1200. The number of hydrogen-bond acceptors (Lipinski definition) is 4. The first-order valence-electron chi connectivity index (χ1n) is 11.4. The van der Waals surface area contributed by atoms with E-state index in [2.05, 4.69) is 10.4 Å². The molecule has 34 heavy (non-hydrogen) atoms. The second kappa shape index (κ2) is 10.4. The maximum atomic E-state index is 13.2. The normalized spacial score (nSPS) is 15.4. The van der Waals surface area contributed by atoms with Crippen LogP contribution in [0.3, 0.4) is 0 Å². The molecule has 0 radical (unpaired) electrons. The molecular formula is C26H29ClN4O3. The van der Waals surface area contributed by atoms with Gasteiger partial charge in [0.25, 0.3) is 11.8 Å². The van der Waals surface area contributed by atoms with Gasteiger partial charge in [-0.15, -0.1) is 0 Å². The number of halogens is 1. The van der Waals surface area contributed by atoms with Crippen LogP contribution < -0.4 is 5.32 Å². The lowest BCUT2D eigenvalue weighted by Crippen LogP contribution is -2.28. The summed E-state index contributed by atoms with van der Waals surface area (Å²) in [7, 11) is 1.77. The van der Waals surface area contributed by atoms with Crippen LogP contribution in [0.4, 0.5) is 5.69 Å². The highest BCUT2D eigenvalue weighted by molar-refractivity contribution is 6.31. The molecule has 4 rings (SSSR count). The standard InChI is InChI=1S/C26H29ClN4O3/c1-17-22(18(2)31(29-17)15-20-8-4-5-11-23(20)27)16-30(3)26(33)19-9-6-10-21(14-19)28-25(32)24-12-7-13-34-24/h4-6,8-11,14,24H,7,12-13,15-16H2,1-3H3,(H,28,32). The topological polar surface area (TPSA) is 76.5 Å². The molecule has 7 nitrogen and oxygen atoms in total. The number of aryl methyl sites for hydroxylation is 1. The number of amides is 2. The largest absolute Gasteiger partial charge is 0.368 e. The summed E-state index contributed by atoms with van der Waals surface area (Å²) in [5.74, 6) is -0.307. The Hall–Kier alpha value is -3.16. The Morgan fingerprint density at radius 1 is 1.21 bits per heavy atom. The van der Waals surface area contributed by atoms with Gasteiger partial charge in [0.05, 0.1) is 12.2 Å². The molecular weight excluding hydrogens is 452 g/mol. The van der Waals surface area contributed by atoms with Crippen molar-refractivity contribution in [3.63, 3.8) is 0 Å². The highest BCUT2D eigenvalue weighted by Crippen LogP contribution is 2.22. The molecule has 2 heterocycles. The molecule has 1 aliphatic heterocycles. The average molecular weight is 481 g/mol. The maximum Gasteiger partial charge on any atom is 0.253 e. The first kappa shape index (κ1) is 24.0. The molecule has 0 bridgehead atoms. The average Bonchev–Trinajstić information content (AvgIpc) is 3.45. The molecule has 1 aromatic heterocycles. The summed E-state index contributed by atoms with van der Waals surface area (Å²) in [5.41, 5.74) is 4.96. The summed E-state index contributed by atoms with van der Waals surface area (Å²) in [5, 5.41) is 8.24. The quantitative estimate of drug-likeness (QED) is 0.536. The van der Waals surface area contributed by atoms with E-state index in [-0.39, 0.29) is 11.8 Å². The van der Waals surface area contributed by atoms with E-state index in [0.29, 0.717) is 36.0 Å². The lowest BCUT2D eigenvalue weighted by molar-refractivity contribution is -0.124. The fraction of sp³-hybridized carbons (Fsp3) is 0.346. The first-order chi connectivity index (χ1) is 16.3. The van der Waals surface area contributed by atoms with E-state index in [1.165, 1.54) is 0 Å². The van der Waals surface area contributed by atoms with Gasteiger partial charge in [-0.3, -0.25) is 14.3 Å². The van der Waals surface area contributed by atoms with E-state index in [1.54, 1.807) is 36.2 Å². The van der Waals surface area contributed by atoms with Crippen molar-refractivity contribution in [1.82, 2.24) is 14.7 Å². The maximum absolute atomic E-state index is 13.2. The van der Waals surface area contributed by atoms with Crippen molar-refractivity contribution < 1.29 is 14.3 Å². The Balaban J connectivity index is 1.45. The Morgan fingerprint density at radius 3 is 2.74 bits per heavy atom. The van der Waals surface area contributed by atoms with Gasteiger partial charge in [-0.2, -0.15) is 5.10 Å². The number of hydrogen-bond donors (Lipinski definition) is 1. The van der Waals surface area contributed by atoms with Gasteiger partial charge in [-0.1, -0.05) is 35.9 Å². The number of carbonyl (C=O) groups excluding carboxylic acids is 2. The number of carbonyl (C=O) groups is 2. The number of anilines is 1. The molecule has 2 aromatic carbocycles. The van der Waals surface area contributed by atoms with E-state index in [9.17, 15) is 9.59 Å². The SMILES string of the molecule is Cc1nn(Cc2ccccc2Cl)c(C)c1CN(C)C(=O)c1cccc(NC(=O)C2CCCO2)c1. The van der Waals surface area contributed by atoms with Crippen LogP contribution in [0.15, 0.2) is 48.5 Å². The number of nitrogens with zero attached hydrogens (tertiary/aromatic N) is 3. The lowest BCUT2D eigenvalue weighted by atomic mass is 10.1. The van der Waals surface area contributed by atoms with Gasteiger partial charge >= 0.3 is 0 Å². The summed E-state index contributed by atoms with van der Waals surface area (Å²) in [6.07, 6.45) is 1.18. The van der Waals surface area contributed by atoms with E-state index in [1.807, 2.05) is 42.8 Å². The van der Waals surface area contributed by atoms with Crippen molar-refractivity contribution in [3.8, 4) is 0 Å². The summed E-state index contributed by atoms with van der Waals surface area (Å²) >= 11 is 6.32. The molecule has 1 unspecified atom stereocenters. The van der Waals surface area contributed by atoms with Crippen molar-refractivity contribution in [2.75, 3.05) is 19.0 Å². The third-order valence-corrected chi connectivity index (χ3v) is 6.52. The van der Waals surface area contributed by atoms with E-state index in [4.69, 9.17) is 16.3 Å². The molecule has 3 aromatic rings. The first-order valence-corrected chi connectivity index (χ1v) is 11.8. The third kappa shape index (κ3) is 5.32. The number of nitrogens with one attached hydrogen (secondary N) is 1. The minimum Gasteiger partial charge on any atom is -0.368 e. The van der Waals surface area contributed by atoms with E-state index in [0.717, 1.165) is 35.4 Å². The number of benzene rings is 2. The highest BCUT2D eigenvalue weighted by atomic mass is 35.5. The highest BCUT2D eigenvalue weighted by Gasteiger charge is 2.24. The van der Waals surface area contributed by atoms with Crippen molar-refractivity contribution in [1.29, 1.82) is 0 Å². The van der Waals surface area contributed by atoms with Crippen LogP contribution in [-0.4, -0.2) is 46.3 Å². The monoisotopic (exact) mass is 480 g/mol. The van der Waals surface area contributed by atoms with Crippen LogP contribution in [0.5, 0.6) is 0 Å². The van der Waals surface area contributed by atoms with Gasteiger partial charge in [-0.25, -0.2) is 0 Å². The minimum atomic E-state index is -0.421. The van der Waals surface area contributed by atoms with Gasteiger partial charge < -0.3 is 15.0 Å². The van der Waals surface area contributed by atoms with Crippen LogP contribution >= 0.6 is 11.6 Å². The van der Waals surface area contributed by atoms with Gasteiger partial charge in [0.2, 0.25) is 0 Å². The van der Waals surface area contributed by atoms with Crippen LogP contribution in [0.1, 0.15) is 45.7 Å². The Morgan fingerprint density at radius 2 is 2.00 bits per heavy atom. The molecule has 0 aliphatic carbocycles. The van der Waals surface area contributed by atoms with Crippen LogP contribution in [-0.2, 0) is 22.6 Å². The molecule has 1 aliphatic rings. The smallest absolute Gasteiger partial charge is 0.253 e. The van der Waals surface area contributed by atoms with Crippen molar-refractivity contribution in [2.45, 2.75) is 45.9 Å². The van der Waals surface area contributed by atoms with Crippen LogP contribution in [0.2, 0.25) is 5.02 Å². The minimum absolute atomic E-state index is 0.133.